The minimum atomic E-state index is -0.760. The van der Waals surface area contributed by atoms with Gasteiger partial charge in [0.25, 0.3) is 35.4 Å². The van der Waals surface area contributed by atoms with E-state index in [1.807, 2.05) is 11.9 Å². The quantitative estimate of drug-likeness (QED) is 0.0276. The molecule has 1 saturated heterocycles. The van der Waals surface area contributed by atoms with E-state index in [1.54, 1.807) is 171 Å². The molecule has 94 heavy (non-hydrogen) atoms. The lowest BCUT2D eigenvalue weighted by molar-refractivity contribution is 0.100. The van der Waals surface area contributed by atoms with E-state index < -0.39 is 52.9 Å². The zero-order chi connectivity index (χ0) is 67.2. The van der Waals surface area contributed by atoms with Crippen molar-refractivity contribution in [3.63, 3.8) is 0 Å². The lowest BCUT2D eigenvalue weighted by Crippen LogP contribution is -2.24. The summed E-state index contributed by atoms with van der Waals surface area (Å²) in [6, 6.07) is 51.7. The fraction of sp³-hybridized carbons (Fsp3) is 0.100. The third-order valence-electron chi connectivity index (χ3n) is 14.3. The maximum Gasteiger partial charge on any atom is 0.258 e. The first kappa shape index (κ1) is 67.3. The highest BCUT2D eigenvalue weighted by Gasteiger charge is 2.25. The number of benzene rings is 9. The highest BCUT2D eigenvalue weighted by molar-refractivity contribution is 6.31. The molecule has 0 aliphatic carbocycles. The van der Waals surface area contributed by atoms with Crippen molar-refractivity contribution in [1.29, 1.82) is 10.8 Å². The van der Waals surface area contributed by atoms with Crippen LogP contribution < -0.4 is 31.9 Å². The number of rotatable bonds is 15. The summed E-state index contributed by atoms with van der Waals surface area (Å²) >= 11 is 17.6. The van der Waals surface area contributed by atoms with Crippen molar-refractivity contribution in [3.8, 4) is 0 Å². The van der Waals surface area contributed by atoms with Crippen molar-refractivity contribution in [3.05, 3.63) is 283 Å². The van der Waals surface area contributed by atoms with Gasteiger partial charge in [-0.15, -0.1) is 0 Å². The van der Waals surface area contributed by atoms with E-state index in [-0.39, 0.29) is 62.1 Å². The molecular formula is C70H58Cl3F3N12O6. The standard InChI is InChI=1S/C24H20ClFN4O2.C23H18ClFN4O2.C23H20ClFN4O2/c1-30-13-12-27-22(30)15-6-11-18(20(26)14-15)23(31)29-21-5-3-2-4-19(21)24(32)28-17-9-7-16(25)8-10-17;24-15-6-8-16(9-7-15)27-23(31)18-3-1-2-4-20(18)28-22(30)17-10-5-14(13-19(17)25)21(26)29-11-12-29;1-29(2)21(26)14-7-12-17(19(25)13-14)22(30)28-20-6-4-3-5-18(20)23(31)27-16-10-8-15(24)9-11-16/h2-11,14H,12-13H2,1H3,(H,28,32)(H,29,31);1-10,13,26H,11-12H2,(H,27,31)(H,28,30);3-13,26H,1-2H3,(H,27,31)(H,28,30). The Labute approximate surface area is 553 Å². The molecule has 0 spiro atoms. The summed E-state index contributed by atoms with van der Waals surface area (Å²) in [5, 5.41) is 33.6. The zero-order valence-corrected chi connectivity index (χ0v) is 52.7. The molecule has 476 valence electrons. The number of hydrogen-bond donors (Lipinski definition) is 8. The molecule has 0 saturated carbocycles. The van der Waals surface area contributed by atoms with E-state index in [0.717, 1.165) is 25.7 Å². The first-order valence-electron chi connectivity index (χ1n) is 28.8. The maximum atomic E-state index is 14.7. The Morgan fingerprint density at radius 1 is 0.426 bits per heavy atom. The van der Waals surface area contributed by atoms with E-state index in [0.29, 0.717) is 61.2 Å². The summed E-state index contributed by atoms with van der Waals surface area (Å²) in [5.74, 6) is -4.43. The number of likely N-dealkylation sites (N-methyl/N-ethyl adjacent to an activating group) is 1. The summed E-state index contributed by atoms with van der Waals surface area (Å²) in [4.78, 5) is 85.8. The molecular weight excluding hydrogens is 1270 g/mol. The Morgan fingerprint density at radius 2 is 0.766 bits per heavy atom. The van der Waals surface area contributed by atoms with Gasteiger partial charge in [-0.1, -0.05) is 89.4 Å². The van der Waals surface area contributed by atoms with E-state index in [2.05, 4.69) is 36.9 Å². The van der Waals surface area contributed by atoms with Crippen LogP contribution in [0, 0.1) is 28.3 Å². The lowest BCUT2D eigenvalue weighted by Gasteiger charge is -2.15. The normalized spacial score (nSPS) is 11.9. The van der Waals surface area contributed by atoms with Crippen LogP contribution in [0.2, 0.25) is 15.1 Å². The van der Waals surface area contributed by atoms with E-state index >= 15 is 0 Å². The molecule has 0 bridgehead atoms. The number of amidine groups is 3. The minimum absolute atomic E-state index is 0.120. The maximum absolute atomic E-state index is 14.7. The highest BCUT2D eigenvalue weighted by Crippen LogP contribution is 2.26. The fourth-order valence-electron chi connectivity index (χ4n) is 9.22. The van der Waals surface area contributed by atoms with Crippen LogP contribution >= 0.6 is 34.8 Å². The molecule has 8 N–H and O–H groups in total. The van der Waals surface area contributed by atoms with Crippen LogP contribution in [0.4, 0.5) is 47.3 Å². The van der Waals surface area contributed by atoms with Gasteiger partial charge in [0.15, 0.2) is 0 Å². The Hall–Kier alpha value is -11.1. The summed E-state index contributed by atoms with van der Waals surface area (Å²) in [7, 11) is 5.23. The number of amides is 6. The topological polar surface area (TPSA) is 244 Å². The smallest absolute Gasteiger partial charge is 0.258 e. The van der Waals surface area contributed by atoms with Gasteiger partial charge in [-0.05, 0) is 146 Å². The van der Waals surface area contributed by atoms with Crippen LogP contribution in [-0.2, 0) is 0 Å². The predicted octanol–water partition coefficient (Wildman–Crippen LogP) is 14.2. The number of para-hydroxylation sites is 3. The number of carbonyl (C=O) groups excluding carboxylic acids is 6. The molecule has 2 aliphatic rings. The average Bonchev–Trinajstić information content (AvgIpc) is 1.67. The summed E-state index contributed by atoms with van der Waals surface area (Å²) < 4.78 is 43.8. The van der Waals surface area contributed by atoms with Crippen molar-refractivity contribution >= 4 is 122 Å². The number of hydrogen-bond acceptors (Lipinski definition) is 10. The van der Waals surface area contributed by atoms with Gasteiger partial charge in [0.1, 0.15) is 35.0 Å². The molecule has 0 atom stereocenters. The number of carbonyl (C=O) groups is 6. The second kappa shape index (κ2) is 30.8. The third kappa shape index (κ3) is 17.5. The van der Waals surface area contributed by atoms with Gasteiger partial charge < -0.3 is 46.6 Å². The van der Waals surface area contributed by atoms with Gasteiger partial charge in [0.05, 0.1) is 57.0 Å². The van der Waals surface area contributed by atoms with Crippen molar-refractivity contribution in [2.75, 3.05) is 79.2 Å². The average molecular weight is 1330 g/mol. The molecule has 0 unspecified atom stereocenters. The highest BCUT2D eigenvalue weighted by atomic mass is 35.5. The molecule has 6 amide bonds. The predicted molar refractivity (Wildman–Crippen MR) is 364 cm³/mol. The largest absolute Gasteiger partial charge is 0.363 e. The van der Waals surface area contributed by atoms with Gasteiger partial charge in [0, 0.05) is 89.6 Å². The molecule has 1 fully saturated rings. The Kier molecular flexibility index (Phi) is 22.0. The second-order valence-electron chi connectivity index (χ2n) is 21.2. The van der Waals surface area contributed by atoms with Crippen molar-refractivity contribution in [1.82, 2.24) is 14.7 Å². The van der Waals surface area contributed by atoms with E-state index in [9.17, 15) is 41.9 Å². The molecule has 9 aromatic carbocycles. The summed E-state index contributed by atoms with van der Waals surface area (Å²) in [6.45, 7) is 2.98. The molecule has 2 heterocycles. The first-order valence-corrected chi connectivity index (χ1v) is 29.9. The fourth-order valence-corrected chi connectivity index (χ4v) is 9.60. The zero-order valence-electron chi connectivity index (χ0n) is 50.4. The Balaban J connectivity index is 0.000000166. The van der Waals surface area contributed by atoms with Crippen LogP contribution in [0.5, 0.6) is 0 Å². The van der Waals surface area contributed by atoms with Gasteiger partial charge in [-0.3, -0.25) is 44.6 Å². The number of halogens is 6. The SMILES string of the molecule is CN(C)C(=N)c1ccc(C(=O)Nc2ccccc2C(=O)Nc2ccc(Cl)cc2)c(F)c1.CN1CCN=C1c1ccc(C(=O)Nc2ccccc2C(=O)Nc2ccc(Cl)cc2)c(F)c1.N=C(c1ccc(C(=O)Nc2ccccc2C(=O)Nc2ccc(Cl)cc2)c(F)c1)N1CC1. The van der Waals surface area contributed by atoms with Crippen LogP contribution in [0.1, 0.15) is 78.8 Å². The Bertz CT molecular complexity index is 4240. The minimum Gasteiger partial charge on any atom is -0.363 e. The van der Waals surface area contributed by atoms with Crippen molar-refractivity contribution < 1.29 is 41.9 Å². The first-order chi connectivity index (χ1) is 45.1. The molecule has 0 radical (unpaired) electrons. The summed E-state index contributed by atoms with van der Waals surface area (Å²) in [5.41, 5.74) is 3.99. The molecule has 9 aromatic rings. The Morgan fingerprint density at radius 3 is 1.11 bits per heavy atom. The monoisotopic (exact) mass is 1320 g/mol. The number of anilines is 6. The number of nitrogens with one attached hydrogen (secondary N) is 8. The molecule has 18 nitrogen and oxygen atoms in total. The van der Waals surface area contributed by atoms with Crippen LogP contribution in [0.25, 0.3) is 0 Å². The van der Waals surface area contributed by atoms with Crippen molar-refractivity contribution in [2.45, 2.75) is 0 Å². The van der Waals surface area contributed by atoms with Gasteiger partial charge in [-0.2, -0.15) is 0 Å². The molecule has 0 aromatic heterocycles. The third-order valence-corrected chi connectivity index (χ3v) is 15.0. The summed E-state index contributed by atoms with van der Waals surface area (Å²) in [6.07, 6.45) is 0. The van der Waals surface area contributed by atoms with Gasteiger partial charge in [0.2, 0.25) is 0 Å². The molecule has 11 rings (SSSR count). The van der Waals surface area contributed by atoms with Crippen molar-refractivity contribution in [2.24, 2.45) is 4.99 Å². The number of aliphatic imine (C=N–C) groups is 1. The van der Waals surface area contributed by atoms with Gasteiger partial charge in [-0.25, -0.2) is 13.2 Å². The van der Waals surface area contributed by atoms with E-state index in [1.165, 1.54) is 47.4 Å². The number of nitrogens with zero attached hydrogens (tertiary/aromatic N) is 4. The van der Waals surface area contributed by atoms with E-state index in [4.69, 9.17) is 45.6 Å². The molecule has 24 heteroatoms. The lowest BCUT2D eigenvalue weighted by atomic mass is 10.1. The van der Waals surface area contributed by atoms with Gasteiger partial charge >= 0.3 is 0 Å². The second-order valence-corrected chi connectivity index (χ2v) is 22.5. The molecule has 2 aliphatic heterocycles. The van der Waals surface area contributed by atoms with Crippen LogP contribution in [0.15, 0.2) is 205 Å². The van der Waals surface area contributed by atoms with Crippen LogP contribution in [-0.4, -0.2) is 115 Å². The van der Waals surface area contributed by atoms with Crippen LogP contribution in [0.3, 0.4) is 0 Å².